The van der Waals surface area contributed by atoms with Crippen molar-refractivity contribution in [3.63, 3.8) is 0 Å². The van der Waals surface area contributed by atoms with E-state index in [9.17, 15) is 0 Å². The Hall–Kier alpha value is -1.78. The van der Waals surface area contributed by atoms with E-state index >= 15 is 0 Å². The van der Waals surface area contributed by atoms with Crippen molar-refractivity contribution in [3.05, 3.63) is 52.7 Å². The Morgan fingerprint density at radius 1 is 1.25 bits per heavy atom. The van der Waals surface area contributed by atoms with Crippen molar-refractivity contribution in [1.29, 1.82) is 0 Å². The summed E-state index contributed by atoms with van der Waals surface area (Å²) >= 11 is 12.1. The second-order valence-corrected chi connectivity index (χ2v) is 4.98. The van der Waals surface area contributed by atoms with Crippen LogP contribution in [0.5, 0.6) is 0 Å². The molecule has 0 aliphatic carbocycles. The molecule has 1 heterocycles. The van der Waals surface area contributed by atoms with Crippen LogP contribution in [-0.2, 0) is 0 Å². The van der Waals surface area contributed by atoms with Gasteiger partial charge in [0.15, 0.2) is 0 Å². The predicted octanol–water partition coefficient (Wildman–Crippen LogP) is 4.43. The first-order chi connectivity index (χ1) is 9.58. The van der Waals surface area contributed by atoms with Gasteiger partial charge in [0.1, 0.15) is 5.82 Å². The molecule has 2 N–H and O–H groups in total. The van der Waals surface area contributed by atoms with Crippen LogP contribution in [0.2, 0.25) is 10.0 Å². The summed E-state index contributed by atoms with van der Waals surface area (Å²) < 4.78 is 0. The van der Waals surface area contributed by atoms with Crippen molar-refractivity contribution >= 4 is 40.7 Å². The second-order valence-electron chi connectivity index (χ2n) is 4.14. The lowest BCUT2D eigenvalue weighted by molar-refractivity contribution is 1.08. The molecule has 0 amide bonds. The van der Waals surface area contributed by atoms with Crippen LogP contribution >= 0.6 is 23.2 Å². The Morgan fingerprint density at radius 2 is 2.05 bits per heavy atom. The van der Waals surface area contributed by atoms with Gasteiger partial charge < -0.3 is 10.6 Å². The average molecular weight is 309 g/mol. The number of aromatic nitrogens is 2. The molecule has 0 saturated carbocycles. The first kappa shape index (κ1) is 14.6. The first-order valence-corrected chi connectivity index (χ1v) is 6.76. The van der Waals surface area contributed by atoms with Gasteiger partial charge in [-0.25, -0.2) is 4.98 Å². The highest BCUT2D eigenvalue weighted by molar-refractivity contribution is 6.35. The third kappa shape index (κ3) is 3.85. The van der Waals surface area contributed by atoms with Crippen molar-refractivity contribution in [2.45, 2.75) is 6.92 Å². The van der Waals surface area contributed by atoms with Gasteiger partial charge in [-0.2, -0.15) is 4.98 Å². The van der Waals surface area contributed by atoms with E-state index in [1.54, 1.807) is 24.3 Å². The van der Waals surface area contributed by atoms with Crippen LogP contribution in [0, 0.1) is 6.92 Å². The summed E-state index contributed by atoms with van der Waals surface area (Å²) in [6.07, 6.45) is 1.74. The first-order valence-electron chi connectivity index (χ1n) is 6.01. The number of benzene rings is 1. The van der Waals surface area contributed by atoms with Crippen LogP contribution in [-0.4, -0.2) is 16.5 Å². The number of rotatable bonds is 5. The molecule has 0 saturated heterocycles. The molecule has 1 aromatic carbocycles. The van der Waals surface area contributed by atoms with Gasteiger partial charge in [-0.05, 0) is 25.1 Å². The van der Waals surface area contributed by atoms with E-state index in [4.69, 9.17) is 23.2 Å². The summed E-state index contributed by atoms with van der Waals surface area (Å²) in [5.41, 5.74) is 1.54. The zero-order valence-electron chi connectivity index (χ0n) is 11.0. The SMILES string of the molecule is C=CCNc1nc(C)cc(Nc2cc(Cl)ccc2Cl)n1. The van der Waals surface area contributed by atoms with Gasteiger partial charge >= 0.3 is 0 Å². The van der Waals surface area contributed by atoms with Crippen molar-refractivity contribution in [3.8, 4) is 0 Å². The fourth-order valence-corrected chi connectivity index (χ4v) is 1.94. The second kappa shape index (κ2) is 6.59. The van der Waals surface area contributed by atoms with E-state index in [2.05, 4.69) is 27.2 Å². The van der Waals surface area contributed by atoms with Gasteiger partial charge in [-0.1, -0.05) is 29.3 Å². The molecule has 4 nitrogen and oxygen atoms in total. The summed E-state index contributed by atoms with van der Waals surface area (Å²) in [5, 5.41) is 7.36. The molecule has 0 radical (unpaired) electrons. The molecule has 2 rings (SSSR count). The zero-order chi connectivity index (χ0) is 14.5. The molecule has 1 aromatic heterocycles. The lowest BCUT2D eigenvalue weighted by Gasteiger charge is -2.10. The summed E-state index contributed by atoms with van der Waals surface area (Å²) in [4.78, 5) is 8.64. The monoisotopic (exact) mass is 308 g/mol. The van der Waals surface area contributed by atoms with E-state index in [1.165, 1.54) is 0 Å². The number of hydrogen-bond acceptors (Lipinski definition) is 4. The molecule has 0 aliphatic heterocycles. The number of anilines is 3. The third-order valence-corrected chi connectivity index (χ3v) is 3.01. The van der Waals surface area contributed by atoms with Gasteiger partial charge in [0, 0.05) is 23.3 Å². The molecule has 0 atom stereocenters. The Kier molecular flexibility index (Phi) is 4.82. The maximum atomic E-state index is 6.12. The Morgan fingerprint density at radius 3 is 2.80 bits per heavy atom. The molecular weight excluding hydrogens is 295 g/mol. The van der Waals surface area contributed by atoms with E-state index < -0.39 is 0 Å². The summed E-state index contributed by atoms with van der Waals surface area (Å²) in [7, 11) is 0. The predicted molar refractivity (Wildman–Crippen MR) is 85.2 cm³/mol. The van der Waals surface area contributed by atoms with Gasteiger partial charge in [-0.15, -0.1) is 6.58 Å². The lowest BCUT2D eigenvalue weighted by atomic mass is 10.3. The number of aryl methyl sites for hydroxylation is 1. The smallest absolute Gasteiger partial charge is 0.225 e. The Labute approximate surface area is 127 Å². The molecule has 104 valence electrons. The van der Waals surface area contributed by atoms with Crippen molar-refractivity contribution in [2.24, 2.45) is 0 Å². The number of halogens is 2. The van der Waals surface area contributed by atoms with Crippen LogP contribution < -0.4 is 10.6 Å². The lowest BCUT2D eigenvalue weighted by Crippen LogP contribution is -2.06. The molecule has 0 aliphatic rings. The fraction of sp³-hybridized carbons (Fsp3) is 0.143. The molecule has 0 bridgehead atoms. The molecule has 2 aromatic rings. The minimum absolute atomic E-state index is 0.533. The summed E-state index contributed by atoms with van der Waals surface area (Å²) in [6.45, 7) is 6.14. The minimum atomic E-state index is 0.533. The number of nitrogens with one attached hydrogen (secondary N) is 2. The molecular formula is C14H14Cl2N4. The van der Waals surface area contributed by atoms with E-state index in [-0.39, 0.29) is 0 Å². The Bertz CT molecular complexity index is 629. The maximum Gasteiger partial charge on any atom is 0.225 e. The molecule has 20 heavy (non-hydrogen) atoms. The van der Waals surface area contributed by atoms with Crippen molar-refractivity contribution in [1.82, 2.24) is 9.97 Å². The molecule has 0 unspecified atom stereocenters. The highest BCUT2D eigenvalue weighted by atomic mass is 35.5. The molecule has 0 spiro atoms. The van der Waals surface area contributed by atoms with Crippen LogP contribution in [0.3, 0.4) is 0 Å². The zero-order valence-corrected chi connectivity index (χ0v) is 12.5. The normalized spacial score (nSPS) is 10.2. The van der Waals surface area contributed by atoms with Gasteiger partial charge in [0.2, 0.25) is 5.95 Å². The van der Waals surface area contributed by atoms with E-state index in [0.29, 0.717) is 34.0 Å². The van der Waals surface area contributed by atoms with Crippen LogP contribution in [0.25, 0.3) is 0 Å². The van der Waals surface area contributed by atoms with Crippen molar-refractivity contribution in [2.75, 3.05) is 17.2 Å². The molecule has 0 fully saturated rings. The Balaban J connectivity index is 2.26. The van der Waals surface area contributed by atoms with Crippen molar-refractivity contribution < 1.29 is 0 Å². The number of nitrogens with zero attached hydrogens (tertiary/aromatic N) is 2. The highest BCUT2D eigenvalue weighted by Crippen LogP contribution is 2.28. The number of hydrogen-bond donors (Lipinski definition) is 2. The standard InChI is InChI=1S/C14H14Cl2N4/c1-3-6-17-14-18-9(2)7-13(20-14)19-12-8-10(15)4-5-11(12)16/h3-5,7-8H,1,6H2,2H3,(H2,17,18,19,20). The summed E-state index contributed by atoms with van der Waals surface area (Å²) in [5.74, 6) is 1.18. The quantitative estimate of drug-likeness (QED) is 0.802. The minimum Gasteiger partial charge on any atom is -0.351 e. The van der Waals surface area contributed by atoms with Gasteiger partial charge in [0.25, 0.3) is 0 Å². The highest BCUT2D eigenvalue weighted by Gasteiger charge is 2.05. The maximum absolute atomic E-state index is 6.12. The third-order valence-electron chi connectivity index (χ3n) is 2.45. The van der Waals surface area contributed by atoms with E-state index in [0.717, 1.165) is 5.69 Å². The summed E-state index contributed by atoms with van der Waals surface area (Å²) in [6, 6.07) is 7.04. The topological polar surface area (TPSA) is 49.8 Å². The fourth-order valence-electron chi connectivity index (χ4n) is 1.61. The van der Waals surface area contributed by atoms with Crippen LogP contribution in [0.1, 0.15) is 5.69 Å². The molecule has 6 heteroatoms. The largest absolute Gasteiger partial charge is 0.351 e. The average Bonchev–Trinajstić information content (AvgIpc) is 2.40. The van der Waals surface area contributed by atoms with Gasteiger partial charge in [0.05, 0.1) is 10.7 Å². The van der Waals surface area contributed by atoms with Gasteiger partial charge in [-0.3, -0.25) is 0 Å². The van der Waals surface area contributed by atoms with Crippen LogP contribution in [0.4, 0.5) is 17.5 Å². The van der Waals surface area contributed by atoms with Crippen LogP contribution in [0.15, 0.2) is 36.9 Å². The van der Waals surface area contributed by atoms with E-state index in [1.807, 2.05) is 13.0 Å².